The van der Waals surface area contributed by atoms with Crippen LogP contribution in [0.4, 0.5) is 5.69 Å². The van der Waals surface area contributed by atoms with E-state index in [9.17, 15) is 14.9 Å². The van der Waals surface area contributed by atoms with Gasteiger partial charge in [0.1, 0.15) is 0 Å². The first-order valence-electron chi connectivity index (χ1n) is 5.30. The molecule has 0 saturated carbocycles. The molecule has 2 aromatic rings. The molecule has 0 unspecified atom stereocenters. The lowest BCUT2D eigenvalue weighted by molar-refractivity contribution is -0.383. The summed E-state index contributed by atoms with van der Waals surface area (Å²) < 4.78 is 9.61. The molecule has 0 saturated heterocycles. The first kappa shape index (κ1) is 12.4. The molecule has 1 aromatic heterocycles. The predicted molar refractivity (Wildman–Crippen MR) is 66.6 cm³/mol. The fourth-order valence-electron chi connectivity index (χ4n) is 1.66. The molecule has 94 valence electrons. The van der Waals surface area contributed by atoms with Gasteiger partial charge in [0, 0.05) is 6.07 Å². The summed E-state index contributed by atoms with van der Waals surface area (Å²) in [5.41, 5.74) is 0.376. The summed E-state index contributed by atoms with van der Waals surface area (Å²) in [6.07, 6.45) is -0.0430. The van der Waals surface area contributed by atoms with Crippen molar-refractivity contribution in [2.75, 3.05) is 6.61 Å². The number of hydrogen-bond donors (Lipinski definition) is 0. The molecule has 0 aliphatic rings. The van der Waals surface area contributed by atoms with Crippen molar-refractivity contribution in [2.24, 2.45) is 0 Å². The maximum atomic E-state index is 11.4. The van der Waals surface area contributed by atoms with Gasteiger partial charge in [-0.25, -0.2) is 0 Å². The van der Waals surface area contributed by atoms with E-state index in [1.165, 1.54) is 6.07 Å². The number of aromatic nitrogens is 1. The number of esters is 1. The average molecular weight is 266 g/mol. The summed E-state index contributed by atoms with van der Waals surface area (Å²) in [5, 5.41) is 11.4. The minimum absolute atomic E-state index is 0.0273. The van der Waals surface area contributed by atoms with Gasteiger partial charge in [-0.3, -0.25) is 14.9 Å². The molecule has 0 fully saturated rings. The number of fused-ring (bicyclic) bond motifs is 1. The van der Waals surface area contributed by atoms with Crippen molar-refractivity contribution in [1.82, 2.24) is 4.37 Å². The fraction of sp³-hybridized carbons (Fsp3) is 0.273. The van der Waals surface area contributed by atoms with E-state index in [2.05, 4.69) is 4.37 Å². The number of carbonyl (C=O) groups excluding carboxylic acids is 1. The van der Waals surface area contributed by atoms with Crippen LogP contribution in [0.25, 0.3) is 10.1 Å². The molecule has 1 heterocycles. The normalized spacial score (nSPS) is 10.5. The van der Waals surface area contributed by atoms with Crippen molar-refractivity contribution in [3.63, 3.8) is 0 Å². The van der Waals surface area contributed by atoms with Crippen molar-refractivity contribution in [2.45, 2.75) is 13.3 Å². The Kier molecular flexibility index (Phi) is 3.52. The van der Waals surface area contributed by atoms with E-state index in [4.69, 9.17) is 4.74 Å². The van der Waals surface area contributed by atoms with Gasteiger partial charge in [-0.15, -0.1) is 0 Å². The van der Waals surface area contributed by atoms with E-state index >= 15 is 0 Å². The molecule has 0 aliphatic carbocycles. The van der Waals surface area contributed by atoms with Gasteiger partial charge in [0.25, 0.3) is 5.69 Å². The second kappa shape index (κ2) is 5.09. The summed E-state index contributed by atoms with van der Waals surface area (Å²) in [6, 6.07) is 4.76. The van der Waals surface area contributed by atoms with E-state index in [1.807, 2.05) is 0 Å². The molecular weight excluding hydrogens is 256 g/mol. The van der Waals surface area contributed by atoms with E-state index < -0.39 is 10.9 Å². The monoisotopic (exact) mass is 266 g/mol. The van der Waals surface area contributed by atoms with Gasteiger partial charge in [-0.05, 0) is 24.5 Å². The zero-order valence-electron chi connectivity index (χ0n) is 9.58. The van der Waals surface area contributed by atoms with Crippen LogP contribution in [0.15, 0.2) is 18.2 Å². The predicted octanol–water partition coefficient (Wildman–Crippen LogP) is 2.31. The molecule has 6 nitrogen and oxygen atoms in total. The number of non-ortho nitro benzene ring substituents is 1. The highest BCUT2D eigenvalue weighted by Crippen LogP contribution is 2.31. The Bertz CT molecular complexity index is 608. The maximum Gasteiger partial charge on any atom is 0.311 e. The molecule has 1 aromatic carbocycles. The molecule has 0 bridgehead atoms. The summed E-state index contributed by atoms with van der Waals surface area (Å²) in [7, 11) is 0. The Morgan fingerprint density at radius 1 is 1.56 bits per heavy atom. The molecule has 0 spiro atoms. The molecule has 0 amide bonds. The summed E-state index contributed by atoms with van der Waals surface area (Å²) in [4.78, 5) is 21.9. The number of ether oxygens (including phenoxy) is 1. The minimum Gasteiger partial charge on any atom is -0.466 e. The molecule has 0 aliphatic heterocycles. The fourth-order valence-corrected chi connectivity index (χ4v) is 2.47. The Hall–Kier alpha value is -2.02. The van der Waals surface area contributed by atoms with Gasteiger partial charge in [-0.2, -0.15) is 4.37 Å². The molecule has 18 heavy (non-hydrogen) atoms. The topological polar surface area (TPSA) is 82.3 Å². The quantitative estimate of drug-likeness (QED) is 0.481. The third-order valence-electron chi connectivity index (χ3n) is 2.36. The standard InChI is InChI=1S/C11H10N2O4S/c1-2-17-10(14)6-7-11-8(13(15)16)4-3-5-9(11)18-12-7/h3-5H,2,6H2,1H3. The van der Waals surface area contributed by atoms with E-state index in [1.54, 1.807) is 19.1 Å². The first-order chi connectivity index (χ1) is 8.63. The number of hydrogen-bond acceptors (Lipinski definition) is 6. The van der Waals surface area contributed by atoms with Crippen molar-refractivity contribution in [3.05, 3.63) is 34.0 Å². The lowest BCUT2D eigenvalue weighted by atomic mass is 10.1. The third-order valence-corrected chi connectivity index (χ3v) is 3.21. The van der Waals surface area contributed by atoms with Crippen molar-refractivity contribution >= 4 is 33.3 Å². The van der Waals surface area contributed by atoms with Crippen LogP contribution in [0.5, 0.6) is 0 Å². The van der Waals surface area contributed by atoms with Gasteiger partial charge in [0.15, 0.2) is 0 Å². The molecular formula is C11H10N2O4S. The van der Waals surface area contributed by atoms with Crippen LogP contribution >= 0.6 is 11.5 Å². The zero-order valence-corrected chi connectivity index (χ0v) is 10.4. The molecule has 0 atom stereocenters. The van der Waals surface area contributed by atoms with Crippen LogP contribution in [0.3, 0.4) is 0 Å². The average Bonchev–Trinajstić information content (AvgIpc) is 2.72. The van der Waals surface area contributed by atoms with Crippen LogP contribution in [0, 0.1) is 10.1 Å². The highest BCUT2D eigenvalue weighted by Gasteiger charge is 2.20. The lowest BCUT2D eigenvalue weighted by Gasteiger charge is -2.00. The number of rotatable bonds is 4. The minimum atomic E-state index is -0.467. The molecule has 0 radical (unpaired) electrons. The second-order valence-corrected chi connectivity index (χ2v) is 4.32. The molecule has 0 N–H and O–H groups in total. The van der Waals surface area contributed by atoms with Crippen molar-refractivity contribution < 1.29 is 14.5 Å². The van der Waals surface area contributed by atoms with Crippen LogP contribution in [-0.4, -0.2) is 21.9 Å². The van der Waals surface area contributed by atoms with Crippen LogP contribution < -0.4 is 0 Å². The number of benzene rings is 1. The first-order valence-corrected chi connectivity index (χ1v) is 6.08. The summed E-state index contributed by atoms with van der Waals surface area (Å²) >= 11 is 1.14. The Labute approximate surface area is 107 Å². The molecule has 2 rings (SSSR count). The zero-order chi connectivity index (χ0) is 13.1. The van der Waals surface area contributed by atoms with Crippen molar-refractivity contribution in [3.8, 4) is 0 Å². The SMILES string of the molecule is CCOC(=O)Cc1nsc2cccc([N+](=O)[O-])c12. The number of carbonyl (C=O) groups is 1. The van der Waals surface area contributed by atoms with Crippen molar-refractivity contribution in [1.29, 1.82) is 0 Å². The third kappa shape index (κ3) is 2.30. The molecule has 7 heteroatoms. The van der Waals surface area contributed by atoms with Gasteiger partial charge in [-0.1, -0.05) is 6.07 Å². The van der Waals surface area contributed by atoms with Crippen LogP contribution in [-0.2, 0) is 16.0 Å². The Balaban J connectivity index is 2.45. The van der Waals surface area contributed by atoms with Gasteiger partial charge < -0.3 is 4.74 Å². The van der Waals surface area contributed by atoms with E-state index in [0.717, 1.165) is 11.5 Å². The largest absolute Gasteiger partial charge is 0.466 e. The maximum absolute atomic E-state index is 11.4. The highest BCUT2D eigenvalue weighted by molar-refractivity contribution is 7.13. The van der Waals surface area contributed by atoms with Gasteiger partial charge in [0.05, 0.1) is 33.7 Å². The van der Waals surface area contributed by atoms with E-state index in [0.29, 0.717) is 15.8 Å². The van der Waals surface area contributed by atoms with Gasteiger partial charge in [0.2, 0.25) is 0 Å². The highest BCUT2D eigenvalue weighted by atomic mass is 32.1. The summed E-state index contributed by atoms with van der Waals surface area (Å²) in [6.45, 7) is 1.99. The smallest absolute Gasteiger partial charge is 0.311 e. The Morgan fingerprint density at radius 2 is 2.33 bits per heavy atom. The van der Waals surface area contributed by atoms with Gasteiger partial charge >= 0.3 is 5.97 Å². The number of nitro benzene ring substituents is 1. The Morgan fingerprint density at radius 3 is 3.00 bits per heavy atom. The number of nitro groups is 1. The summed E-state index contributed by atoms with van der Waals surface area (Å²) in [5.74, 6) is -0.428. The van der Waals surface area contributed by atoms with Crippen LogP contribution in [0.1, 0.15) is 12.6 Å². The van der Waals surface area contributed by atoms with E-state index in [-0.39, 0.29) is 18.7 Å². The number of nitrogens with zero attached hydrogens (tertiary/aromatic N) is 2. The van der Waals surface area contributed by atoms with Crippen LogP contribution in [0.2, 0.25) is 0 Å². The lowest BCUT2D eigenvalue weighted by Crippen LogP contribution is -2.08. The second-order valence-electron chi connectivity index (χ2n) is 3.52.